The maximum Gasteiger partial charge on any atom is 0.169 e. The second kappa shape index (κ2) is 8.74. The largest absolute Gasteiger partial charge is 0.331 e. The Labute approximate surface area is 160 Å². The van der Waals surface area contributed by atoms with Crippen molar-refractivity contribution in [2.75, 3.05) is 55.4 Å². The first-order chi connectivity index (χ1) is 12.1. The highest BCUT2D eigenvalue weighted by Gasteiger charge is 2.11. The van der Waals surface area contributed by atoms with Crippen molar-refractivity contribution >= 4 is 0 Å². The van der Waals surface area contributed by atoms with Crippen LogP contribution in [0, 0.1) is 0 Å². The molecule has 2 aromatic rings. The van der Waals surface area contributed by atoms with Gasteiger partial charge in [0, 0.05) is 24.3 Å². The summed E-state index contributed by atoms with van der Waals surface area (Å²) in [5, 5.41) is 0. The normalized spacial score (nSPS) is 12.4. The first-order valence-electron chi connectivity index (χ1n) is 9.72. The van der Waals surface area contributed by atoms with E-state index in [2.05, 4.69) is 100 Å². The third-order valence-corrected chi connectivity index (χ3v) is 4.61. The van der Waals surface area contributed by atoms with Crippen LogP contribution in [-0.2, 0) is 13.1 Å². The number of pyridine rings is 2. The van der Waals surface area contributed by atoms with Gasteiger partial charge in [0.05, 0.1) is 68.2 Å². The van der Waals surface area contributed by atoms with Crippen LogP contribution in [0.3, 0.4) is 0 Å². The van der Waals surface area contributed by atoms with Gasteiger partial charge in [0.2, 0.25) is 0 Å². The van der Waals surface area contributed by atoms with Crippen LogP contribution in [0.25, 0.3) is 11.1 Å². The highest BCUT2D eigenvalue weighted by molar-refractivity contribution is 5.60. The molecule has 0 fully saturated rings. The third kappa shape index (κ3) is 7.63. The van der Waals surface area contributed by atoms with E-state index in [-0.39, 0.29) is 0 Å². The molecular weight excluding hydrogens is 320 g/mol. The summed E-state index contributed by atoms with van der Waals surface area (Å²) in [4.78, 5) is 0. The van der Waals surface area contributed by atoms with Gasteiger partial charge in [-0.1, -0.05) is 0 Å². The topological polar surface area (TPSA) is 7.76 Å². The van der Waals surface area contributed by atoms with Crippen molar-refractivity contribution in [3.63, 3.8) is 0 Å². The Balaban J connectivity index is 1.88. The molecular formula is C22H38N4+4. The first kappa shape index (κ1) is 20.5. The van der Waals surface area contributed by atoms with E-state index in [1.807, 2.05) is 0 Å². The van der Waals surface area contributed by atoms with Gasteiger partial charge in [-0.2, -0.15) is 0 Å². The Morgan fingerprint density at radius 1 is 0.577 bits per heavy atom. The number of aromatic nitrogens is 2. The second-order valence-corrected chi connectivity index (χ2v) is 9.38. The monoisotopic (exact) mass is 358 g/mol. The fourth-order valence-electron chi connectivity index (χ4n) is 3.05. The molecule has 26 heavy (non-hydrogen) atoms. The summed E-state index contributed by atoms with van der Waals surface area (Å²) in [6.45, 7) is 4.55. The predicted octanol–water partition coefficient (Wildman–Crippen LogP) is 2.12. The van der Waals surface area contributed by atoms with Gasteiger partial charge in [-0.3, -0.25) is 0 Å². The summed E-state index contributed by atoms with van der Waals surface area (Å²) in [7, 11) is 13.5. The molecule has 0 aromatic carbocycles. The Morgan fingerprint density at radius 3 is 1.15 bits per heavy atom. The van der Waals surface area contributed by atoms with Crippen molar-refractivity contribution in [1.82, 2.24) is 0 Å². The molecule has 0 spiro atoms. The van der Waals surface area contributed by atoms with Gasteiger partial charge in [0.25, 0.3) is 0 Å². The summed E-state index contributed by atoms with van der Waals surface area (Å²) in [6.07, 6.45) is 11.2. The van der Waals surface area contributed by atoms with Crippen molar-refractivity contribution < 1.29 is 18.1 Å². The molecule has 0 amide bonds. The number of nitrogens with zero attached hydrogens (tertiary/aromatic N) is 4. The van der Waals surface area contributed by atoms with E-state index in [0.29, 0.717) is 0 Å². The maximum absolute atomic E-state index is 2.28. The molecule has 0 aliphatic rings. The van der Waals surface area contributed by atoms with Gasteiger partial charge in [0.1, 0.15) is 0 Å². The molecule has 142 valence electrons. The molecule has 0 saturated carbocycles. The van der Waals surface area contributed by atoms with Crippen molar-refractivity contribution in [3.05, 3.63) is 49.1 Å². The molecule has 4 heteroatoms. The average Bonchev–Trinajstić information content (AvgIpc) is 2.54. The van der Waals surface area contributed by atoms with Crippen LogP contribution >= 0.6 is 0 Å². The highest BCUT2D eigenvalue weighted by Crippen LogP contribution is 2.15. The van der Waals surface area contributed by atoms with Crippen LogP contribution in [0.4, 0.5) is 0 Å². The van der Waals surface area contributed by atoms with Crippen LogP contribution in [0.2, 0.25) is 0 Å². The number of aryl methyl sites for hydroxylation is 2. The fourth-order valence-corrected chi connectivity index (χ4v) is 3.05. The van der Waals surface area contributed by atoms with E-state index in [1.165, 1.54) is 37.1 Å². The molecule has 2 heterocycles. The molecule has 0 aliphatic heterocycles. The minimum Gasteiger partial charge on any atom is -0.331 e. The lowest BCUT2D eigenvalue weighted by molar-refractivity contribution is -0.873. The second-order valence-electron chi connectivity index (χ2n) is 9.38. The number of hydrogen-bond acceptors (Lipinski definition) is 0. The summed E-state index contributed by atoms with van der Waals surface area (Å²) in [5.74, 6) is 0. The molecule has 0 radical (unpaired) electrons. The van der Waals surface area contributed by atoms with Crippen molar-refractivity contribution in [3.8, 4) is 11.1 Å². The molecule has 0 saturated heterocycles. The molecule has 0 atom stereocenters. The smallest absolute Gasteiger partial charge is 0.169 e. The van der Waals surface area contributed by atoms with Crippen LogP contribution in [0.5, 0.6) is 0 Å². The van der Waals surface area contributed by atoms with Gasteiger partial charge in [-0.25, -0.2) is 9.13 Å². The summed E-state index contributed by atoms with van der Waals surface area (Å²) >= 11 is 0. The minimum atomic E-state index is 1.03. The summed E-state index contributed by atoms with van der Waals surface area (Å²) in [5.41, 5.74) is 2.57. The minimum absolute atomic E-state index is 1.03. The summed E-state index contributed by atoms with van der Waals surface area (Å²) < 4.78 is 6.62. The van der Waals surface area contributed by atoms with Crippen LogP contribution in [0.1, 0.15) is 12.8 Å². The van der Waals surface area contributed by atoms with E-state index in [4.69, 9.17) is 0 Å². The van der Waals surface area contributed by atoms with E-state index in [0.717, 1.165) is 22.1 Å². The maximum atomic E-state index is 2.28. The SMILES string of the molecule is C[N+](C)(C)CCC[n+]1ccc(-c2cc[n+](CCC[N+](C)(C)C)cc2)cc1. The van der Waals surface area contributed by atoms with E-state index in [1.54, 1.807) is 0 Å². The van der Waals surface area contributed by atoms with E-state index in [9.17, 15) is 0 Å². The van der Waals surface area contributed by atoms with Crippen LogP contribution in [-0.4, -0.2) is 64.3 Å². The first-order valence-corrected chi connectivity index (χ1v) is 9.72. The molecule has 0 N–H and O–H groups in total. The lowest BCUT2D eigenvalue weighted by Crippen LogP contribution is -2.40. The molecule has 2 rings (SSSR count). The lowest BCUT2D eigenvalue weighted by Gasteiger charge is -2.22. The van der Waals surface area contributed by atoms with E-state index >= 15 is 0 Å². The Kier molecular flexibility index (Phi) is 6.90. The zero-order valence-corrected chi connectivity index (χ0v) is 17.7. The zero-order valence-electron chi connectivity index (χ0n) is 17.7. The molecule has 0 aliphatic carbocycles. The van der Waals surface area contributed by atoms with Crippen LogP contribution in [0.15, 0.2) is 49.1 Å². The number of rotatable bonds is 9. The van der Waals surface area contributed by atoms with Gasteiger partial charge in [-0.15, -0.1) is 0 Å². The number of quaternary nitrogens is 2. The fraction of sp³-hybridized carbons (Fsp3) is 0.545. The molecule has 0 bridgehead atoms. The van der Waals surface area contributed by atoms with Crippen molar-refractivity contribution in [1.29, 1.82) is 0 Å². The van der Waals surface area contributed by atoms with Gasteiger partial charge < -0.3 is 8.97 Å². The van der Waals surface area contributed by atoms with Gasteiger partial charge >= 0.3 is 0 Å². The van der Waals surface area contributed by atoms with Crippen LogP contribution < -0.4 is 9.13 Å². The third-order valence-electron chi connectivity index (χ3n) is 4.61. The van der Waals surface area contributed by atoms with E-state index < -0.39 is 0 Å². The van der Waals surface area contributed by atoms with Crippen molar-refractivity contribution in [2.45, 2.75) is 25.9 Å². The summed E-state index contributed by atoms with van der Waals surface area (Å²) in [6, 6.07) is 8.90. The molecule has 2 aromatic heterocycles. The van der Waals surface area contributed by atoms with Gasteiger partial charge in [-0.05, 0) is 11.1 Å². The Hall–Kier alpha value is -1.78. The molecule has 0 unspecified atom stereocenters. The highest BCUT2D eigenvalue weighted by atomic mass is 15.3. The standard InChI is InChI=1S/C22H38N4/c1-25(2,3)19-7-13-23-15-9-21(10-16-23)22-11-17-24(18-12-22)14-8-20-26(4,5)6/h9-12,15-18H,7-8,13-14,19-20H2,1-6H3/q+4. The average molecular weight is 359 g/mol. The Bertz CT molecular complexity index is 600. The van der Waals surface area contributed by atoms with Gasteiger partial charge in [0.15, 0.2) is 37.9 Å². The number of hydrogen-bond donors (Lipinski definition) is 0. The molecule has 4 nitrogen and oxygen atoms in total. The van der Waals surface area contributed by atoms with Crippen molar-refractivity contribution in [2.24, 2.45) is 0 Å². The quantitative estimate of drug-likeness (QED) is 0.479. The Morgan fingerprint density at radius 2 is 0.885 bits per heavy atom. The zero-order chi connectivity index (χ0) is 19.2. The lowest BCUT2D eigenvalue weighted by atomic mass is 10.1. The predicted molar refractivity (Wildman–Crippen MR) is 107 cm³/mol.